The lowest BCUT2D eigenvalue weighted by molar-refractivity contribution is -0.0435. The van der Waals surface area contributed by atoms with Crippen molar-refractivity contribution >= 4 is 50.2 Å². The Bertz CT molecular complexity index is 2170. The zero-order valence-corrected chi connectivity index (χ0v) is 39.7. The van der Waals surface area contributed by atoms with Crippen molar-refractivity contribution in [2.75, 3.05) is 68.3 Å². The Morgan fingerprint density at radius 2 is 1.69 bits per heavy atom. The van der Waals surface area contributed by atoms with Gasteiger partial charge >= 0.3 is 5.51 Å². The maximum atomic E-state index is 14.2. The molecular weight excluding hydrogens is 880 g/mol. The van der Waals surface area contributed by atoms with Crippen molar-refractivity contribution in [2.45, 2.75) is 111 Å². The molecule has 2 heterocycles. The Morgan fingerprint density at radius 1 is 1.00 bits per heavy atom. The smallest absolute Gasteiger partial charge is 0.501 e. The number of nitrogens with one attached hydrogen (secondary N) is 2. The van der Waals surface area contributed by atoms with Gasteiger partial charge in [-0.15, -0.1) is 11.8 Å². The lowest BCUT2D eigenvalue weighted by Gasteiger charge is -2.39. The summed E-state index contributed by atoms with van der Waals surface area (Å²) in [5.74, 6) is -0.306. The monoisotopic (exact) mass is 943 g/mol. The van der Waals surface area contributed by atoms with E-state index < -0.39 is 43.6 Å². The van der Waals surface area contributed by atoms with E-state index in [4.69, 9.17) is 0 Å². The summed E-state index contributed by atoms with van der Waals surface area (Å²) in [4.78, 5) is 19.8. The number of nitrogens with zero attached hydrogens (tertiary/aromatic N) is 3. The standard InChI is InChI=1S/C48H64F3N5O5S3/c1-5-6-10-35(2)43-32-47(3,4)23-19-37(43)33-55-27-29-56(30-28-55)39-15-13-36(14-16-39)46(58)53-63(59)42-17-18-44(45(31-42)64(60,61)48(49,50)51)52-38(34-62-41-11-8-7-9-12-41)20-24-54-25-21-40(57)22-26-54/h7-9,11-18,31,38,40,52,57H,2,5-6,10,19-30,32-34H2,1,3-4H3,(H,53,58). The number of alkyl halides is 3. The zero-order chi connectivity index (χ0) is 46.1. The van der Waals surface area contributed by atoms with Gasteiger partial charge in [-0.1, -0.05) is 63.1 Å². The fraction of sp³-hybridized carbons (Fsp3) is 0.521. The number of sulfone groups is 1. The molecule has 64 heavy (non-hydrogen) atoms. The van der Waals surface area contributed by atoms with Crippen LogP contribution in [0.3, 0.4) is 0 Å². The van der Waals surface area contributed by atoms with Gasteiger partial charge in [0.05, 0.1) is 11.8 Å². The number of rotatable bonds is 19. The highest BCUT2D eigenvalue weighted by molar-refractivity contribution is 7.99. The maximum absolute atomic E-state index is 14.2. The molecular formula is C48H64F3N5O5S3. The number of allylic oxidation sites excluding steroid dienone is 2. The average molecular weight is 944 g/mol. The van der Waals surface area contributed by atoms with Crippen LogP contribution in [0.4, 0.5) is 24.5 Å². The molecule has 0 aromatic heterocycles. The molecule has 16 heteroatoms. The van der Waals surface area contributed by atoms with Gasteiger partial charge in [0.25, 0.3) is 15.7 Å². The second kappa shape index (κ2) is 22.3. The predicted molar refractivity (Wildman–Crippen MR) is 253 cm³/mol. The van der Waals surface area contributed by atoms with E-state index in [1.807, 2.05) is 42.5 Å². The Hall–Kier alpha value is -3.51. The minimum absolute atomic E-state index is 0.196. The molecule has 10 nitrogen and oxygen atoms in total. The number of hydrogen-bond acceptors (Lipinski definition) is 10. The summed E-state index contributed by atoms with van der Waals surface area (Å²) in [5.41, 5.74) is -0.207. The molecule has 3 aromatic carbocycles. The molecule has 3 aromatic rings. The van der Waals surface area contributed by atoms with Crippen LogP contribution in [0.1, 0.15) is 88.9 Å². The number of carbonyl (C=O) groups excluding carboxylic acids is 1. The highest BCUT2D eigenvalue weighted by Gasteiger charge is 2.48. The molecule has 2 atom stereocenters. The number of amides is 1. The lowest BCUT2D eigenvalue weighted by atomic mass is 9.72. The van der Waals surface area contributed by atoms with Crippen LogP contribution in [0.25, 0.3) is 0 Å². The fourth-order valence-electron chi connectivity index (χ4n) is 8.58. The van der Waals surface area contributed by atoms with Crippen LogP contribution >= 0.6 is 11.8 Å². The van der Waals surface area contributed by atoms with E-state index >= 15 is 0 Å². The molecule has 0 radical (unpaired) electrons. The Kier molecular flexibility index (Phi) is 17.4. The van der Waals surface area contributed by atoms with Gasteiger partial charge in [0.2, 0.25) is 0 Å². The second-order valence-electron chi connectivity index (χ2n) is 18.1. The van der Waals surface area contributed by atoms with E-state index in [1.165, 1.54) is 47.0 Å². The van der Waals surface area contributed by atoms with Crippen molar-refractivity contribution < 1.29 is 36.0 Å². The number of unbranched alkanes of at least 4 members (excludes halogenated alkanes) is 1. The number of piperazine rings is 1. The summed E-state index contributed by atoms with van der Waals surface area (Å²) in [6.07, 6.45) is 8.07. The van der Waals surface area contributed by atoms with Crippen LogP contribution in [0.15, 0.2) is 111 Å². The summed E-state index contributed by atoms with van der Waals surface area (Å²) < 4.78 is 84.5. The van der Waals surface area contributed by atoms with Crippen molar-refractivity contribution in [1.29, 1.82) is 0 Å². The average Bonchev–Trinajstić information content (AvgIpc) is 3.27. The molecule has 0 saturated carbocycles. The first-order chi connectivity index (χ1) is 30.4. The third kappa shape index (κ3) is 13.5. The largest absolute Gasteiger partial charge is 0.588 e. The van der Waals surface area contributed by atoms with E-state index in [0.29, 0.717) is 44.6 Å². The topological polar surface area (TPSA) is 128 Å². The Labute approximate surface area is 385 Å². The molecule has 0 bridgehead atoms. The molecule has 3 aliphatic rings. The van der Waals surface area contributed by atoms with Gasteiger partial charge in [0.1, 0.15) is 16.3 Å². The number of hydrogen-bond donors (Lipinski definition) is 3. The number of piperidine rings is 1. The number of thioether (sulfide) groups is 1. The second-order valence-corrected chi connectivity index (χ2v) is 22.3. The van der Waals surface area contributed by atoms with Gasteiger partial charge in [0, 0.05) is 86.4 Å². The normalized spacial score (nSPS) is 19.0. The van der Waals surface area contributed by atoms with Crippen LogP contribution in [-0.4, -0.2) is 110 Å². The Balaban J connectivity index is 1.10. The van der Waals surface area contributed by atoms with Crippen molar-refractivity contribution in [3.05, 3.63) is 102 Å². The fourth-order valence-corrected chi connectivity index (χ4v) is 11.4. The van der Waals surface area contributed by atoms with E-state index in [9.17, 15) is 36.0 Å². The number of carbonyl (C=O) groups is 1. The maximum Gasteiger partial charge on any atom is 0.501 e. The van der Waals surface area contributed by atoms with Crippen molar-refractivity contribution in [1.82, 2.24) is 14.5 Å². The van der Waals surface area contributed by atoms with E-state index in [1.54, 1.807) is 12.1 Å². The number of benzene rings is 3. The molecule has 3 N–H and O–H groups in total. The highest BCUT2D eigenvalue weighted by Crippen LogP contribution is 2.42. The van der Waals surface area contributed by atoms with Crippen LogP contribution in [0.5, 0.6) is 0 Å². The molecule has 2 saturated heterocycles. The van der Waals surface area contributed by atoms with E-state index in [2.05, 4.69) is 52.1 Å². The first kappa shape index (κ1) is 49.9. The summed E-state index contributed by atoms with van der Waals surface area (Å²) in [5, 5.41) is 13.0. The molecule has 2 fully saturated rings. The van der Waals surface area contributed by atoms with E-state index in [-0.39, 0.29) is 27.7 Å². The summed E-state index contributed by atoms with van der Waals surface area (Å²) in [6, 6.07) is 19.1. The van der Waals surface area contributed by atoms with E-state index in [0.717, 1.165) is 81.5 Å². The number of anilines is 2. The van der Waals surface area contributed by atoms with Crippen molar-refractivity contribution in [3.8, 4) is 0 Å². The molecule has 0 spiro atoms. The predicted octanol–water partition coefficient (Wildman–Crippen LogP) is 9.23. The number of aliphatic hydroxyl groups excluding tert-OH is 1. The molecule has 1 amide bonds. The quantitative estimate of drug-likeness (QED) is 0.0791. The van der Waals surface area contributed by atoms with Crippen molar-refractivity contribution in [3.63, 3.8) is 0 Å². The minimum atomic E-state index is -5.91. The molecule has 2 aliphatic heterocycles. The zero-order valence-electron chi connectivity index (χ0n) is 37.3. The third-order valence-corrected chi connectivity index (χ3v) is 16.3. The van der Waals surface area contributed by atoms with Gasteiger partial charge in [-0.05, 0) is 111 Å². The third-order valence-electron chi connectivity index (χ3n) is 12.6. The molecule has 350 valence electrons. The summed E-state index contributed by atoms with van der Waals surface area (Å²) >= 11 is -0.904. The first-order valence-electron chi connectivity index (χ1n) is 22.4. The van der Waals surface area contributed by atoms with Gasteiger partial charge in [-0.3, -0.25) is 9.69 Å². The molecule has 2 unspecified atom stereocenters. The number of aliphatic hydroxyl groups is 1. The van der Waals surface area contributed by atoms with Crippen LogP contribution < -0.4 is 14.9 Å². The summed E-state index contributed by atoms with van der Waals surface area (Å²) in [7, 11) is -5.91. The van der Waals surface area contributed by atoms with Crippen LogP contribution in [0.2, 0.25) is 0 Å². The number of likely N-dealkylation sites (tertiary alicyclic amines) is 1. The van der Waals surface area contributed by atoms with Crippen LogP contribution in [0, 0.1) is 5.41 Å². The van der Waals surface area contributed by atoms with Gasteiger partial charge < -0.3 is 24.8 Å². The van der Waals surface area contributed by atoms with Gasteiger partial charge in [-0.25, -0.2) is 8.42 Å². The SMILES string of the molecule is C=C(CCCC)C1=C(CN2CCN(c3ccc(C(=O)N[S+]([O-])c4ccc(NC(CCN5CCC(O)CC5)CSc5ccccc5)c(S(=O)(=O)C(F)(F)F)c4)cc3)CC2)CCC(C)(C)C1. The van der Waals surface area contributed by atoms with Crippen LogP contribution in [-0.2, 0) is 21.2 Å². The molecule has 1 aliphatic carbocycles. The lowest BCUT2D eigenvalue weighted by Crippen LogP contribution is -2.47. The summed E-state index contributed by atoms with van der Waals surface area (Å²) in [6.45, 7) is 17.7. The number of halogens is 3. The highest BCUT2D eigenvalue weighted by atomic mass is 32.2. The Morgan fingerprint density at radius 3 is 2.34 bits per heavy atom. The van der Waals surface area contributed by atoms with Gasteiger partial charge in [-0.2, -0.15) is 17.9 Å². The first-order valence-corrected chi connectivity index (χ1v) is 26.0. The van der Waals surface area contributed by atoms with Gasteiger partial charge in [0.15, 0.2) is 4.90 Å². The minimum Gasteiger partial charge on any atom is -0.588 e. The molecule has 6 rings (SSSR count). The van der Waals surface area contributed by atoms with Crippen molar-refractivity contribution in [2.24, 2.45) is 5.41 Å².